The summed E-state index contributed by atoms with van der Waals surface area (Å²) in [6.45, 7) is 2.35. The van der Waals surface area contributed by atoms with Gasteiger partial charge >= 0.3 is 0 Å². The number of hydrogen-bond donors (Lipinski definition) is 1. The number of aliphatic hydroxyl groups is 1. The van der Waals surface area contributed by atoms with Crippen LogP contribution in [-0.4, -0.2) is 31.9 Å². The molecule has 1 heterocycles. The second-order valence-corrected chi connectivity index (χ2v) is 3.08. The topological polar surface area (TPSA) is 73.1 Å². The van der Waals surface area contributed by atoms with Gasteiger partial charge in [-0.05, 0) is 36.4 Å². The summed E-state index contributed by atoms with van der Waals surface area (Å²) in [5, 5.41) is 20.3. The summed E-state index contributed by atoms with van der Waals surface area (Å²) >= 11 is 0. The van der Waals surface area contributed by atoms with E-state index < -0.39 is 0 Å². The molecule has 0 fully saturated rings. The molecule has 0 saturated carbocycles. The van der Waals surface area contributed by atoms with Crippen molar-refractivity contribution in [1.82, 2.24) is 20.2 Å². The van der Waals surface area contributed by atoms with E-state index in [2.05, 4.69) is 15.4 Å². The fourth-order valence-corrected chi connectivity index (χ4v) is 1.26. The molecule has 6 nitrogen and oxygen atoms in total. The van der Waals surface area contributed by atoms with Gasteiger partial charge in [0.2, 0.25) is 5.82 Å². The van der Waals surface area contributed by atoms with Crippen LogP contribution in [0.2, 0.25) is 0 Å². The third kappa shape index (κ3) is 2.17. The monoisotopic (exact) mass is 220 g/mol. The van der Waals surface area contributed by atoms with Crippen molar-refractivity contribution in [2.45, 2.75) is 13.5 Å². The van der Waals surface area contributed by atoms with Gasteiger partial charge in [0.1, 0.15) is 12.4 Å². The van der Waals surface area contributed by atoms with Crippen molar-refractivity contribution in [3.63, 3.8) is 0 Å². The molecule has 2 aromatic rings. The quantitative estimate of drug-likeness (QED) is 0.814. The normalized spacial score (nSPS) is 10.4. The van der Waals surface area contributed by atoms with E-state index in [9.17, 15) is 0 Å². The standard InChI is InChI=1S/C10H12N4O2/c1-2-16-9-5-3-8(4-6-9)14-12-10(7-15)11-13-14/h3-6,15H,2,7H2,1H3. The van der Waals surface area contributed by atoms with Gasteiger partial charge in [0.25, 0.3) is 0 Å². The van der Waals surface area contributed by atoms with Gasteiger partial charge in [-0.3, -0.25) is 0 Å². The maximum Gasteiger partial charge on any atom is 0.200 e. The predicted octanol–water partition coefficient (Wildman–Crippen LogP) is 0.553. The molecule has 0 aliphatic heterocycles. The van der Waals surface area contributed by atoms with Crippen LogP contribution in [0.15, 0.2) is 24.3 Å². The first kappa shape index (κ1) is 10.6. The molecule has 2 rings (SSSR count). The van der Waals surface area contributed by atoms with Crippen LogP contribution in [0.5, 0.6) is 5.75 Å². The SMILES string of the molecule is CCOc1ccc(-n2nnc(CO)n2)cc1. The van der Waals surface area contributed by atoms with E-state index in [0.717, 1.165) is 11.4 Å². The highest BCUT2D eigenvalue weighted by molar-refractivity contribution is 5.35. The minimum Gasteiger partial charge on any atom is -0.494 e. The molecule has 0 unspecified atom stereocenters. The van der Waals surface area contributed by atoms with Crippen LogP contribution >= 0.6 is 0 Å². The molecule has 0 saturated heterocycles. The van der Waals surface area contributed by atoms with Gasteiger partial charge in [-0.1, -0.05) is 0 Å². The van der Waals surface area contributed by atoms with Crippen molar-refractivity contribution in [2.24, 2.45) is 0 Å². The summed E-state index contributed by atoms with van der Waals surface area (Å²) in [4.78, 5) is 1.36. The number of aromatic nitrogens is 4. The molecule has 1 aromatic carbocycles. The van der Waals surface area contributed by atoms with E-state index in [1.54, 1.807) is 0 Å². The summed E-state index contributed by atoms with van der Waals surface area (Å²) in [6, 6.07) is 7.32. The summed E-state index contributed by atoms with van der Waals surface area (Å²) < 4.78 is 5.32. The molecule has 1 aromatic heterocycles. The van der Waals surface area contributed by atoms with Crippen LogP contribution in [0.4, 0.5) is 0 Å². The van der Waals surface area contributed by atoms with E-state index in [1.165, 1.54) is 4.80 Å². The molecule has 0 atom stereocenters. The highest BCUT2D eigenvalue weighted by atomic mass is 16.5. The van der Waals surface area contributed by atoms with E-state index >= 15 is 0 Å². The van der Waals surface area contributed by atoms with Gasteiger partial charge in [0.05, 0.1) is 12.3 Å². The first-order chi connectivity index (χ1) is 7.83. The number of aliphatic hydroxyl groups excluding tert-OH is 1. The number of benzene rings is 1. The van der Waals surface area contributed by atoms with Gasteiger partial charge in [-0.25, -0.2) is 0 Å². The highest BCUT2D eigenvalue weighted by Crippen LogP contribution is 2.13. The molecule has 84 valence electrons. The number of tetrazole rings is 1. The minimum atomic E-state index is -0.211. The van der Waals surface area contributed by atoms with E-state index in [4.69, 9.17) is 9.84 Å². The fraction of sp³-hybridized carbons (Fsp3) is 0.300. The molecule has 16 heavy (non-hydrogen) atoms. The van der Waals surface area contributed by atoms with Crippen molar-refractivity contribution >= 4 is 0 Å². The van der Waals surface area contributed by atoms with Crippen molar-refractivity contribution in [3.8, 4) is 11.4 Å². The zero-order chi connectivity index (χ0) is 11.4. The Hall–Kier alpha value is -1.95. The average Bonchev–Trinajstić information content (AvgIpc) is 2.79. The van der Waals surface area contributed by atoms with E-state index in [-0.39, 0.29) is 6.61 Å². The molecular weight excluding hydrogens is 208 g/mol. The van der Waals surface area contributed by atoms with Crippen molar-refractivity contribution in [2.75, 3.05) is 6.61 Å². The highest BCUT2D eigenvalue weighted by Gasteiger charge is 2.03. The fourth-order valence-electron chi connectivity index (χ4n) is 1.26. The lowest BCUT2D eigenvalue weighted by Crippen LogP contribution is -1.99. The molecule has 0 aliphatic carbocycles. The van der Waals surface area contributed by atoms with Gasteiger partial charge in [-0.2, -0.15) is 0 Å². The first-order valence-corrected chi connectivity index (χ1v) is 4.96. The van der Waals surface area contributed by atoms with Crippen molar-refractivity contribution in [1.29, 1.82) is 0 Å². The molecule has 0 radical (unpaired) electrons. The third-order valence-electron chi connectivity index (χ3n) is 1.98. The Bertz CT molecular complexity index is 452. The Balaban J connectivity index is 2.20. The molecule has 0 aliphatic rings. The predicted molar refractivity (Wildman–Crippen MR) is 56.2 cm³/mol. The molecule has 0 amide bonds. The molecule has 0 spiro atoms. The lowest BCUT2D eigenvalue weighted by Gasteiger charge is -2.03. The second kappa shape index (κ2) is 4.71. The number of hydrogen-bond acceptors (Lipinski definition) is 5. The molecular formula is C10H12N4O2. The Kier molecular flexibility index (Phi) is 3.11. The number of ether oxygens (including phenoxy) is 1. The number of rotatable bonds is 4. The van der Waals surface area contributed by atoms with Crippen molar-refractivity contribution < 1.29 is 9.84 Å². The number of nitrogens with zero attached hydrogens (tertiary/aromatic N) is 4. The zero-order valence-electron chi connectivity index (χ0n) is 8.87. The minimum absolute atomic E-state index is 0.211. The zero-order valence-corrected chi connectivity index (χ0v) is 8.87. The average molecular weight is 220 g/mol. The Labute approximate surface area is 92.5 Å². The summed E-state index contributed by atoms with van der Waals surface area (Å²) in [7, 11) is 0. The Morgan fingerprint density at radius 1 is 1.31 bits per heavy atom. The van der Waals surface area contributed by atoms with Crippen LogP contribution in [0.1, 0.15) is 12.7 Å². The summed E-state index contributed by atoms with van der Waals surface area (Å²) in [5.41, 5.74) is 0.774. The maximum absolute atomic E-state index is 8.81. The smallest absolute Gasteiger partial charge is 0.200 e. The Morgan fingerprint density at radius 3 is 2.62 bits per heavy atom. The lowest BCUT2D eigenvalue weighted by molar-refractivity contribution is 0.271. The molecule has 6 heteroatoms. The molecule has 1 N–H and O–H groups in total. The van der Waals surface area contributed by atoms with Gasteiger partial charge in [0.15, 0.2) is 0 Å². The van der Waals surface area contributed by atoms with Gasteiger partial charge in [-0.15, -0.1) is 15.0 Å². The van der Waals surface area contributed by atoms with Crippen LogP contribution in [0.25, 0.3) is 5.69 Å². The van der Waals surface area contributed by atoms with E-state index in [1.807, 2.05) is 31.2 Å². The van der Waals surface area contributed by atoms with Crippen molar-refractivity contribution in [3.05, 3.63) is 30.1 Å². The maximum atomic E-state index is 8.81. The summed E-state index contributed by atoms with van der Waals surface area (Å²) in [6.07, 6.45) is 0. The second-order valence-electron chi connectivity index (χ2n) is 3.08. The van der Waals surface area contributed by atoms with E-state index in [0.29, 0.717) is 12.4 Å². The summed E-state index contributed by atoms with van der Waals surface area (Å²) in [5.74, 6) is 1.10. The van der Waals surface area contributed by atoms with Crippen LogP contribution in [0, 0.1) is 0 Å². The lowest BCUT2D eigenvalue weighted by atomic mass is 10.3. The van der Waals surface area contributed by atoms with Crippen LogP contribution in [-0.2, 0) is 6.61 Å². The Morgan fingerprint density at radius 2 is 2.06 bits per heavy atom. The van der Waals surface area contributed by atoms with Crippen LogP contribution < -0.4 is 4.74 Å². The third-order valence-corrected chi connectivity index (χ3v) is 1.98. The van der Waals surface area contributed by atoms with Gasteiger partial charge < -0.3 is 9.84 Å². The molecule has 0 bridgehead atoms. The first-order valence-electron chi connectivity index (χ1n) is 4.96. The van der Waals surface area contributed by atoms with Crippen LogP contribution in [0.3, 0.4) is 0 Å². The van der Waals surface area contributed by atoms with Gasteiger partial charge in [0, 0.05) is 0 Å². The largest absolute Gasteiger partial charge is 0.494 e.